The number of nitrogens with zero attached hydrogens (tertiary/aromatic N) is 1. The average Bonchev–Trinajstić information content (AvgIpc) is 3.39. The highest BCUT2D eigenvalue weighted by Gasteiger charge is 2.22. The summed E-state index contributed by atoms with van der Waals surface area (Å²) < 4.78 is 16.8. The van der Waals surface area contributed by atoms with Gasteiger partial charge in [0, 0.05) is 18.2 Å². The van der Waals surface area contributed by atoms with E-state index in [0.29, 0.717) is 19.0 Å². The summed E-state index contributed by atoms with van der Waals surface area (Å²) in [7, 11) is 0. The monoisotopic (exact) mass is 533 g/mol. The number of fused-ring (bicyclic) bond motifs is 1. The topological polar surface area (TPSA) is 133 Å². The van der Waals surface area contributed by atoms with E-state index in [1.165, 1.54) is 0 Å². The van der Waals surface area contributed by atoms with E-state index >= 15 is 0 Å². The lowest BCUT2D eigenvalue weighted by molar-refractivity contribution is -0.139. The number of hydrogen-bond acceptors (Lipinski definition) is 7. The van der Waals surface area contributed by atoms with Crippen LogP contribution in [0, 0.1) is 5.41 Å². The second-order valence-corrected chi connectivity index (χ2v) is 10.4. The molecule has 2 aromatic carbocycles. The average molecular weight is 534 g/mol. The molecule has 1 atom stereocenters. The minimum absolute atomic E-state index is 0.149. The number of carbonyl (C=O) groups is 2. The Morgan fingerprint density at radius 1 is 1.03 bits per heavy atom. The number of aromatic nitrogens is 1. The number of carbonyl (C=O) groups excluding carboxylic acids is 1. The molecule has 0 fully saturated rings. The highest BCUT2D eigenvalue weighted by atomic mass is 16.7. The van der Waals surface area contributed by atoms with Crippen LogP contribution in [0.25, 0.3) is 22.4 Å². The van der Waals surface area contributed by atoms with Crippen LogP contribution >= 0.6 is 0 Å². The number of carboxylic acid groups (broad SMARTS) is 1. The number of unbranched alkanes of at least 4 members (excludes halogenated alkanes) is 1. The number of benzene rings is 2. The second kappa shape index (κ2) is 12.6. The zero-order valence-electron chi connectivity index (χ0n) is 22.3. The van der Waals surface area contributed by atoms with Gasteiger partial charge in [0.15, 0.2) is 11.5 Å². The van der Waals surface area contributed by atoms with Crippen LogP contribution < -0.4 is 25.3 Å². The summed E-state index contributed by atoms with van der Waals surface area (Å²) in [6.45, 7) is 5.33. The maximum Gasteiger partial charge on any atom is 0.305 e. The van der Waals surface area contributed by atoms with Gasteiger partial charge in [0.2, 0.25) is 18.6 Å². The summed E-state index contributed by atoms with van der Waals surface area (Å²) >= 11 is 0. The second-order valence-electron chi connectivity index (χ2n) is 10.4. The zero-order valence-corrected chi connectivity index (χ0v) is 22.3. The maximum absolute atomic E-state index is 12.0. The normalized spacial score (nSPS) is 13.1. The van der Waals surface area contributed by atoms with Crippen LogP contribution in [-0.2, 0) is 9.59 Å². The van der Waals surface area contributed by atoms with E-state index in [-0.39, 0.29) is 18.6 Å². The van der Waals surface area contributed by atoms with Gasteiger partial charge < -0.3 is 30.4 Å². The van der Waals surface area contributed by atoms with Crippen molar-refractivity contribution in [1.29, 1.82) is 0 Å². The van der Waals surface area contributed by atoms with Crippen LogP contribution in [0.15, 0.2) is 60.7 Å². The fraction of sp³-hybridized carbons (Fsp3) is 0.367. The molecule has 1 aliphatic heterocycles. The zero-order chi connectivity index (χ0) is 27.8. The third-order valence-electron chi connectivity index (χ3n) is 6.58. The molecule has 1 aromatic heterocycles. The van der Waals surface area contributed by atoms with Gasteiger partial charge in [-0.1, -0.05) is 50.2 Å². The molecule has 9 nitrogen and oxygen atoms in total. The fourth-order valence-corrected chi connectivity index (χ4v) is 4.27. The summed E-state index contributed by atoms with van der Waals surface area (Å²) in [6.07, 6.45) is 2.23. The van der Waals surface area contributed by atoms with Crippen molar-refractivity contribution in [3.8, 4) is 39.8 Å². The van der Waals surface area contributed by atoms with Crippen LogP contribution in [-0.4, -0.2) is 48.0 Å². The predicted octanol–water partition coefficient (Wildman–Crippen LogP) is 4.64. The van der Waals surface area contributed by atoms with Crippen molar-refractivity contribution >= 4 is 11.9 Å². The van der Waals surface area contributed by atoms with Gasteiger partial charge in [-0.2, -0.15) is 0 Å². The van der Waals surface area contributed by atoms with Gasteiger partial charge in [-0.3, -0.25) is 9.59 Å². The molecule has 1 unspecified atom stereocenters. The summed E-state index contributed by atoms with van der Waals surface area (Å²) in [4.78, 5) is 27.4. The van der Waals surface area contributed by atoms with E-state index in [2.05, 4.69) is 36.3 Å². The van der Waals surface area contributed by atoms with Crippen LogP contribution in [0.4, 0.5) is 0 Å². The lowest BCUT2D eigenvalue weighted by atomic mass is 9.87. The molecule has 2 heterocycles. The van der Waals surface area contributed by atoms with Crippen molar-refractivity contribution in [2.24, 2.45) is 11.1 Å². The summed E-state index contributed by atoms with van der Waals surface area (Å²) in [6, 6.07) is 18.8. The van der Waals surface area contributed by atoms with Crippen molar-refractivity contribution in [3.05, 3.63) is 60.7 Å². The van der Waals surface area contributed by atoms with Gasteiger partial charge >= 0.3 is 5.97 Å². The van der Waals surface area contributed by atoms with E-state index in [4.69, 9.17) is 25.1 Å². The maximum atomic E-state index is 12.0. The molecule has 3 aromatic rings. The smallest absolute Gasteiger partial charge is 0.305 e. The summed E-state index contributed by atoms with van der Waals surface area (Å²) in [5.74, 6) is 0.570. The minimum atomic E-state index is -1.09. The molecule has 0 saturated carbocycles. The standard InChI is InChI=1S/C30H35N3O6/c1-30(2,18-32-29(36)23(31)17-28(34)35)14-3-4-15-37-27-7-5-6-24(33-27)21-10-8-20(9-11-21)22-12-13-25-26(16-22)39-19-38-25/h5-13,16,23H,3-4,14-15,17-19,31H2,1-2H3,(H,32,36)(H,34,35). The molecule has 1 amide bonds. The van der Waals surface area contributed by atoms with E-state index in [1.54, 1.807) is 0 Å². The van der Waals surface area contributed by atoms with Crippen molar-refractivity contribution < 1.29 is 28.9 Å². The fourth-order valence-electron chi connectivity index (χ4n) is 4.27. The number of aliphatic carboxylic acids is 1. The Bertz CT molecular complexity index is 1290. The van der Waals surface area contributed by atoms with Crippen molar-refractivity contribution in [1.82, 2.24) is 10.3 Å². The number of ether oxygens (including phenoxy) is 3. The molecular weight excluding hydrogens is 498 g/mol. The molecule has 39 heavy (non-hydrogen) atoms. The highest BCUT2D eigenvalue weighted by Crippen LogP contribution is 2.36. The minimum Gasteiger partial charge on any atom is -0.481 e. The molecule has 9 heteroatoms. The number of hydrogen-bond donors (Lipinski definition) is 3. The lowest BCUT2D eigenvalue weighted by Crippen LogP contribution is -2.45. The van der Waals surface area contributed by atoms with Gasteiger partial charge in [0.25, 0.3) is 0 Å². The number of amides is 1. The molecule has 0 bridgehead atoms. The van der Waals surface area contributed by atoms with Gasteiger partial charge in [0.1, 0.15) is 0 Å². The molecule has 1 aliphatic rings. The molecule has 4 rings (SSSR count). The Balaban J connectivity index is 1.22. The van der Waals surface area contributed by atoms with Gasteiger partial charge in [-0.15, -0.1) is 0 Å². The Morgan fingerprint density at radius 3 is 2.51 bits per heavy atom. The lowest BCUT2D eigenvalue weighted by Gasteiger charge is -2.25. The van der Waals surface area contributed by atoms with Crippen molar-refractivity contribution in [2.75, 3.05) is 19.9 Å². The summed E-state index contributed by atoms with van der Waals surface area (Å²) in [5, 5.41) is 11.5. The number of rotatable bonds is 13. The van der Waals surface area contributed by atoms with Crippen molar-refractivity contribution in [2.45, 2.75) is 45.6 Å². The molecule has 0 radical (unpaired) electrons. The van der Waals surface area contributed by atoms with Crippen molar-refractivity contribution in [3.63, 3.8) is 0 Å². The van der Waals surface area contributed by atoms with Crippen LogP contribution in [0.1, 0.15) is 39.5 Å². The van der Waals surface area contributed by atoms with E-state index < -0.39 is 17.9 Å². The Hall–Kier alpha value is -4.11. The number of nitrogens with one attached hydrogen (secondary N) is 1. The molecular formula is C30H35N3O6. The van der Waals surface area contributed by atoms with Crippen LogP contribution in [0.2, 0.25) is 0 Å². The summed E-state index contributed by atoms with van der Waals surface area (Å²) in [5.41, 5.74) is 9.43. The quantitative estimate of drug-likeness (QED) is 0.271. The molecule has 0 aliphatic carbocycles. The molecule has 0 spiro atoms. The third kappa shape index (κ3) is 7.94. The SMILES string of the molecule is CC(C)(CCCCOc1cccc(-c2ccc(-c3ccc4c(c3)OCO4)cc2)n1)CNC(=O)C(N)CC(=O)O. The Kier molecular flexibility index (Phi) is 9.03. The first kappa shape index (κ1) is 27.9. The first-order chi connectivity index (χ1) is 18.7. The van der Waals surface area contributed by atoms with Crippen LogP contribution in [0.3, 0.4) is 0 Å². The molecule has 0 saturated heterocycles. The largest absolute Gasteiger partial charge is 0.481 e. The van der Waals surface area contributed by atoms with Crippen LogP contribution in [0.5, 0.6) is 17.4 Å². The van der Waals surface area contributed by atoms with E-state index in [9.17, 15) is 9.59 Å². The highest BCUT2D eigenvalue weighted by molar-refractivity contribution is 5.85. The molecule has 206 valence electrons. The van der Waals surface area contributed by atoms with Gasteiger partial charge in [-0.25, -0.2) is 4.98 Å². The molecule has 4 N–H and O–H groups in total. The third-order valence-corrected chi connectivity index (χ3v) is 6.58. The van der Waals surface area contributed by atoms with E-state index in [0.717, 1.165) is 53.1 Å². The predicted molar refractivity (Wildman–Crippen MR) is 148 cm³/mol. The number of carboxylic acids is 1. The number of pyridine rings is 1. The number of nitrogens with two attached hydrogens (primary N) is 1. The van der Waals surface area contributed by atoms with Gasteiger partial charge in [-0.05, 0) is 54.0 Å². The Labute approximate surface area is 228 Å². The Morgan fingerprint density at radius 2 is 1.74 bits per heavy atom. The van der Waals surface area contributed by atoms with E-state index in [1.807, 2.05) is 48.5 Å². The van der Waals surface area contributed by atoms with Gasteiger partial charge in [0.05, 0.1) is 24.8 Å². The first-order valence-corrected chi connectivity index (χ1v) is 13.1. The first-order valence-electron chi connectivity index (χ1n) is 13.1.